The SMILES string of the molecule is COc1cc2c(cc1OC)[C@H](c1cccs1)N(C[C@H](O)c1ccccc1)CC2. The van der Waals surface area contributed by atoms with Crippen LogP contribution in [0.2, 0.25) is 0 Å². The van der Waals surface area contributed by atoms with E-state index < -0.39 is 6.10 Å². The summed E-state index contributed by atoms with van der Waals surface area (Å²) in [4.78, 5) is 3.64. The van der Waals surface area contributed by atoms with Crippen molar-refractivity contribution in [3.63, 3.8) is 0 Å². The summed E-state index contributed by atoms with van der Waals surface area (Å²) < 4.78 is 11.1. The fraction of sp³-hybridized carbons (Fsp3) is 0.304. The zero-order chi connectivity index (χ0) is 19.5. The van der Waals surface area contributed by atoms with Gasteiger partial charge in [0, 0.05) is 18.0 Å². The van der Waals surface area contributed by atoms with Gasteiger partial charge in [0.1, 0.15) is 0 Å². The Labute approximate surface area is 170 Å². The van der Waals surface area contributed by atoms with Crippen molar-refractivity contribution < 1.29 is 14.6 Å². The molecule has 0 unspecified atom stereocenters. The van der Waals surface area contributed by atoms with Crippen LogP contribution in [0.5, 0.6) is 11.5 Å². The van der Waals surface area contributed by atoms with E-state index in [1.165, 1.54) is 16.0 Å². The highest BCUT2D eigenvalue weighted by atomic mass is 32.1. The van der Waals surface area contributed by atoms with Gasteiger partial charge in [-0.2, -0.15) is 0 Å². The van der Waals surface area contributed by atoms with Gasteiger partial charge in [-0.05, 0) is 46.7 Å². The first-order valence-electron chi connectivity index (χ1n) is 9.46. The van der Waals surface area contributed by atoms with Crippen LogP contribution in [0.3, 0.4) is 0 Å². The van der Waals surface area contributed by atoms with Gasteiger partial charge < -0.3 is 14.6 Å². The monoisotopic (exact) mass is 395 g/mol. The van der Waals surface area contributed by atoms with Crippen LogP contribution in [0.25, 0.3) is 0 Å². The standard InChI is InChI=1S/C23H25NO3S/c1-26-20-13-17-10-11-24(15-19(25)16-7-4-3-5-8-16)23(22-9-6-12-28-22)18(17)14-21(20)27-2/h3-9,12-14,19,23,25H,10-11,15H2,1-2H3/t19-,23+/m0/s1. The maximum atomic E-state index is 10.8. The molecule has 1 aliphatic heterocycles. The van der Waals surface area contributed by atoms with Crippen molar-refractivity contribution in [1.29, 1.82) is 0 Å². The third kappa shape index (κ3) is 3.65. The van der Waals surface area contributed by atoms with E-state index in [1.54, 1.807) is 25.6 Å². The van der Waals surface area contributed by atoms with Crippen molar-refractivity contribution in [3.05, 3.63) is 81.5 Å². The zero-order valence-corrected chi connectivity index (χ0v) is 17.0. The minimum absolute atomic E-state index is 0.0990. The number of rotatable bonds is 6. The molecule has 28 heavy (non-hydrogen) atoms. The predicted octanol–water partition coefficient (Wildman–Crippen LogP) is 4.45. The summed E-state index contributed by atoms with van der Waals surface area (Å²) >= 11 is 1.75. The summed E-state index contributed by atoms with van der Waals surface area (Å²) in [6.45, 7) is 1.47. The number of thiophene rings is 1. The topological polar surface area (TPSA) is 41.9 Å². The van der Waals surface area contributed by atoms with E-state index in [0.717, 1.165) is 30.0 Å². The smallest absolute Gasteiger partial charge is 0.161 e. The highest BCUT2D eigenvalue weighted by Crippen LogP contribution is 2.42. The fourth-order valence-corrected chi connectivity index (χ4v) is 4.85. The van der Waals surface area contributed by atoms with E-state index in [0.29, 0.717) is 6.54 Å². The third-order valence-electron chi connectivity index (χ3n) is 5.38. The van der Waals surface area contributed by atoms with Crippen LogP contribution in [0.15, 0.2) is 60.0 Å². The molecule has 146 valence electrons. The molecular formula is C23H25NO3S. The zero-order valence-electron chi connectivity index (χ0n) is 16.2. The molecular weight excluding hydrogens is 370 g/mol. The number of benzene rings is 2. The Hall–Kier alpha value is -2.34. The Morgan fingerprint density at radius 1 is 1.07 bits per heavy atom. The van der Waals surface area contributed by atoms with E-state index in [9.17, 15) is 5.11 Å². The molecule has 1 N–H and O–H groups in total. The van der Waals surface area contributed by atoms with E-state index >= 15 is 0 Å². The van der Waals surface area contributed by atoms with Crippen LogP contribution < -0.4 is 9.47 Å². The van der Waals surface area contributed by atoms with Crippen molar-refractivity contribution >= 4 is 11.3 Å². The second-order valence-corrected chi connectivity index (χ2v) is 7.97. The number of ether oxygens (including phenoxy) is 2. The lowest BCUT2D eigenvalue weighted by atomic mass is 9.90. The van der Waals surface area contributed by atoms with E-state index in [2.05, 4.69) is 34.5 Å². The third-order valence-corrected chi connectivity index (χ3v) is 6.30. The second kappa shape index (κ2) is 8.35. The fourth-order valence-electron chi connectivity index (χ4n) is 3.98. The lowest BCUT2D eigenvalue weighted by Crippen LogP contribution is -2.38. The molecule has 0 bridgehead atoms. The number of aliphatic hydroxyl groups is 1. The summed E-state index contributed by atoms with van der Waals surface area (Å²) in [7, 11) is 3.34. The minimum atomic E-state index is -0.523. The number of hydrogen-bond donors (Lipinski definition) is 1. The van der Waals surface area contributed by atoms with Crippen LogP contribution in [0, 0.1) is 0 Å². The normalized spacial score (nSPS) is 17.8. The van der Waals surface area contributed by atoms with Crippen molar-refractivity contribution in [2.45, 2.75) is 18.6 Å². The van der Waals surface area contributed by atoms with E-state index in [4.69, 9.17) is 9.47 Å². The first-order chi connectivity index (χ1) is 13.7. The molecule has 4 nitrogen and oxygen atoms in total. The summed E-state index contributed by atoms with van der Waals surface area (Å²) in [6, 6.07) is 18.4. The quantitative estimate of drug-likeness (QED) is 0.670. The van der Waals surface area contributed by atoms with E-state index in [-0.39, 0.29) is 6.04 Å². The van der Waals surface area contributed by atoms with Gasteiger partial charge in [0.25, 0.3) is 0 Å². The van der Waals surface area contributed by atoms with Crippen molar-refractivity contribution in [1.82, 2.24) is 4.90 Å². The number of methoxy groups -OCH3 is 2. The summed E-state index contributed by atoms with van der Waals surface area (Å²) in [5.74, 6) is 1.51. The molecule has 4 rings (SSSR count). The predicted molar refractivity (Wildman–Crippen MR) is 112 cm³/mol. The number of fused-ring (bicyclic) bond motifs is 1. The Bertz CT molecular complexity index is 911. The highest BCUT2D eigenvalue weighted by Gasteiger charge is 2.32. The Morgan fingerprint density at radius 2 is 1.82 bits per heavy atom. The first-order valence-corrected chi connectivity index (χ1v) is 10.3. The molecule has 5 heteroatoms. The van der Waals surface area contributed by atoms with E-state index in [1.807, 2.05) is 30.3 Å². The average Bonchev–Trinajstić information content (AvgIpc) is 3.27. The van der Waals surface area contributed by atoms with Crippen LogP contribution in [-0.2, 0) is 6.42 Å². The van der Waals surface area contributed by atoms with Crippen LogP contribution in [0.4, 0.5) is 0 Å². The van der Waals surface area contributed by atoms with Crippen LogP contribution >= 0.6 is 11.3 Å². The molecule has 0 spiro atoms. The van der Waals surface area contributed by atoms with Gasteiger partial charge in [0.05, 0.1) is 26.4 Å². The Kier molecular flexibility index (Phi) is 5.67. The van der Waals surface area contributed by atoms with Gasteiger partial charge in [-0.25, -0.2) is 0 Å². The van der Waals surface area contributed by atoms with Gasteiger partial charge >= 0.3 is 0 Å². The summed E-state index contributed by atoms with van der Waals surface area (Å²) in [6.07, 6.45) is 0.393. The van der Waals surface area contributed by atoms with Crippen molar-refractivity contribution in [3.8, 4) is 11.5 Å². The molecule has 0 radical (unpaired) electrons. The number of β-amino-alcohol motifs (C(OH)–C–C–N with tert-alkyl or cyclic N) is 1. The minimum Gasteiger partial charge on any atom is -0.493 e. The van der Waals surface area contributed by atoms with Gasteiger partial charge in [0.15, 0.2) is 11.5 Å². The van der Waals surface area contributed by atoms with Crippen molar-refractivity contribution in [2.75, 3.05) is 27.3 Å². The number of nitrogens with zero attached hydrogens (tertiary/aromatic N) is 1. The molecule has 2 heterocycles. The molecule has 0 amide bonds. The lowest BCUT2D eigenvalue weighted by Gasteiger charge is -2.38. The summed E-state index contributed by atoms with van der Waals surface area (Å²) in [5, 5.41) is 12.9. The molecule has 3 aromatic rings. The molecule has 2 aromatic carbocycles. The van der Waals surface area contributed by atoms with Gasteiger partial charge in [-0.1, -0.05) is 36.4 Å². The molecule has 0 aliphatic carbocycles. The molecule has 1 aliphatic rings. The second-order valence-electron chi connectivity index (χ2n) is 7.00. The summed E-state index contributed by atoms with van der Waals surface area (Å²) in [5.41, 5.74) is 3.46. The molecule has 0 saturated heterocycles. The average molecular weight is 396 g/mol. The van der Waals surface area contributed by atoms with Crippen molar-refractivity contribution in [2.24, 2.45) is 0 Å². The van der Waals surface area contributed by atoms with Gasteiger partial charge in [-0.15, -0.1) is 11.3 Å². The maximum Gasteiger partial charge on any atom is 0.161 e. The molecule has 1 aromatic heterocycles. The number of aliphatic hydroxyl groups excluding tert-OH is 1. The highest BCUT2D eigenvalue weighted by molar-refractivity contribution is 7.10. The Balaban J connectivity index is 1.71. The van der Waals surface area contributed by atoms with Crippen LogP contribution in [0.1, 0.15) is 33.7 Å². The van der Waals surface area contributed by atoms with Gasteiger partial charge in [0.2, 0.25) is 0 Å². The molecule has 0 saturated carbocycles. The first kappa shape index (κ1) is 19.0. The van der Waals surface area contributed by atoms with Crippen LogP contribution in [-0.4, -0.2) is 37.3 Å². The largest absolute Gasteiger partial charge is 0.493 e. The molecule has 2 atom stereocenters. The Morgan fingerprint density at radius 3 is 2.50 bits per heavy atom. The maximum absolute atomic E-state index is 10.8. The molecule has 0 fully saturated rings. The number of hydrogen-bond acceptors (Lipinski definition) is 5. The van der Waals surface area contributed by atoms with Gasteiger partial charge in [-0.3, -0.25) is 4.90 Å². The lowest BCUT2D eigenvalue weighted by molar-refractivity contribution is 0.0929.